The van der Waals surface area contributed by atoms with Crippen molar-refractivity contribution in [2.24, 2.45) is 0 Å². The third-order valence-corrected chi connectivity index (χ3v) is 2.20. The van der Waals surface area contributed by atoms with Crippen LogP contribution in [0.25, 0.3) is 0 Å². The number of rotatable bonds is 2. The van der Waals surface area contributed by atoms with Crippen LogP contribution in [0.4, 0.5) is 0 Å². The van der Waals surface area contributed by atoms with Gasteiger partial charge in [-0.25, -0.2) is 0 Å². The normalized spacial score (nSPS) is 37.2. The van der Waals surface area contributed by atoms with Gasteiger partial charge in [-0.15, -0.1) is 0 Å². The molecule has 1 heterocycles. The molecule has 0 bridgehead atoms. The number of quaternary nitrogens is 1. The summed E-state index contributed by atoms with van der Waals surface area (Å²) in [5.74, 6) is 0. The van der Waals surface area contributed by atoms with Gasteiger partial charge in [0.05, 0.1) is 33.4 Å². The van der Waals surface area contributed by atoms with E-state index in [4.69, 9.17) is 4.74 Å². The summed E-state index contributed by atoms with van der Waals surface area (Å²) in [4.78, 5) is 0. The van der Waals surface area contributed by atoms with Gasteiger partial charge in [-0.05, 0) is 6.92 Å². The number of aliphatic hydroxyl groups excluding tert-OH is 1. The van der Waals surface area contributed by atoms with E-state index in [1.54, 1.807) is 0 Å². The predicted octanol–water partition coefficient (Wildman–Crippen LogP) is 0.231. The summed E-state index contributed by atoms with van der Waals surface area (Å²) < 4.78 is 6.48. The van der Waals surface area contributed by atoms with Crippen LogP contribution in [-0.4, -0.2) is 55.6 Å². The van der Waals surface area contributed by atoms with E-state index in [9.17, 15) is 5.11 Å². The van der Waals surface area contributed by atoms with E-state index in [1.165, 1.54) is 0 Å². The zero-order valence-corrected chi connectivity index (χ0v) is 8.45. The Morgan fingerprint density at radius 3 is 2.33 bits per heavy atom. The number of hydrogen-bond donors (Lipinski definition) is 1. The first-order valence-corrected chi connectivity index (χ1v) is 4.52. The highest BCUT2D eigenvalue weighted by Gasteiger charge is 2.33. The summed E-state index contributed by atoms with van der Waals surface area (Å²) in [5.41, 5.74) is 0. The molecule has 12 heavy (non-hydrogen) atoms. The molecule has 1 aliphatic heterocycles. The monoisotopic (exact) mass is 174 g/mol. The van der Waals surface area contributed by atoms with Gasteiger partial charge in [0.1, 0.15) is 12.6 Å². The molecular weight excluding hydrogens is 154 g/mol. The smallest absolute Gasteiger partial charge is 0.109 e. The van der Waals surface area contributed by atoms with Crippen LogP contribution in [0.5, 0.6) is 0 Å². The summed E-state index contributed by atoms with van der Waals surface area (Å²) in [6.45, 7) is 2.90. The quantitative estimate of drug-likeness (QED) is 0.607. The van der Waals surface area contributed by atoms with Crippen LogP contribution >= 0.6 is 0 Å². The molecule has 0 aliphatic carbocycles. The van der Waals surface area contributed by atoms with Crippen LogP contribution in [0.1, 0.15) is 13.3 Å². The van der Waals surface area contributed by atoms with Gasteiger partial charge in [-0.2, -0.15) is 0 Å². The van der Waals surface area contributed by atoms with E-state index in [-0.39, 0.29) is 18.3 Å². The summed E-state index contributed by atoms with van der Waals surface area (Å²) in [6.07, 6.45) is 0.773. The Morgan fingerprint density at radius 2 is 2.00 bits per heavy atom. The standard InChI is InChI=1S/C9H20NO2/c1-7-9(11)5-8(12-7)6-10(2,3)4/h7-9,11H,5-6H2,1-4H3/q+1/t7?,8?,9-/m1/s1. The van der Waals surface area contributed by atoms with Crippen molar-refractivity contribution in [3.63, 3.8) is 0 Å². The molecule has 3 atom stereocenters. The molecule has 0 radical (unpaired) electrons. The van der Waals surface area contributed by atoms with Crippen molar-refractivity contribution in [3.8, 4) is 0 Å². The van der Waals surface area contributed by atoms with Gasteiger partial charge in [0.15, 0.2) is 0 Å². The van der Waals surface area contributed by atoms with Crippen molar-refractivity contribution < 1.29 is 14.3 Å². The van der Waals surface area contributed by atoms with Gasteiger partial charge in [0.25, 0.3) is 0 Å². The van der Waals surface area contributed by atoms with Crippen LogP contribution < -0.4 is 0 Å². The lowest BCUT2D eigenvalue weighted by molar-refractivity contribution is -0.873. The van der Waals surface area contributed by atoms with E-state index < -0.39 is 0 Å². The average molecular weight is 174 g/mol. The van der Waals surface area contributed by atoms with E-state index in [0.29, 0.717) is 0 Å². The number of hydrogen-bond acceptors (Lipinski definition) is 2. The van der Waals surface area contributed by atoms with E-state index in [0.717, 1.165) is 17.4 Å². The highest BCUT2D eigenvalue weighted by Crippen LogP contribution is 2.21. The lowest BCUT2D eigenvalue weighted by Crippen LogP contribution is -2.41. The Morgan fingerprint density at radius 1 is 1.42 bits per heavy atom. The molecular formula is C9H20NO2+. The Balaban J connectivity index is 2.38. The van der Waals surface area contributed by atoms with Crippen molar-refractivity contribution in [2.75, 3.05) is 27.7 Å². The third kappa shape index (κ3) is 2.73. The fourth-order valence-electron chi connectivity index (χ4n) is 1.64. The molecule has 2 unspecified atom stereocenters. The topological polar surface area (TPSA) is 29.5 Å². The van der Waals surface area contributed by atoms with Crippen LogP contribution in [0, 0.1) is 0 Å². The van der Waals surface area contributed by atoms with Gasteiger partial charge in [-0.3, -0.25) is 0 Å². The number of ether oxygens (including phenoxy) is 1. The average Bonchev–Trinajstić information content (AvgIpc) is 2.07. The first kappa shape index (κ1) is 9.96. The van der Waals surface area contributed by atoms with Crippen molar-refractivity contribution in [1.82, 2.24) is 0 Å². The Labute approximate surface area is 74.5 Å². The first-order chi connectivity index (χ1) is 5.38. The van der Waals surface area contributed by atoms with E-state index in [1.807, 2.05) is 6.92 Å². The van der Waals surface area contributed by atoms with Crippen molar-refractivity contribution in [1.29, 1.82) is 0 Å². The second kappa shape index (κ2) is 3.32. The Hall–Kier alpha value is -0.120. The van der Waals surface area contributed by atoms with Crippen LogP contribution in [0.15, 0.2) is 0 Å². The fourth-order valence-corrected chi connectivity index (χ4v) is 1.64. The zero-order valence-electron chi connectivity index (χ0n) is 8.45. The van der Waals surface area contributed by atoms with Crippen LogP contribution in [0.2, 0.25) is 0 Å². The minimum Gasteiger partial charge on any atom is -0.390 e. The summed E-state index contributed by atoms with van der Waals surface area (Å²) in [6, 6.07) is 0. The first-order valence-electron chi connectivity index (χ1n) is 4.52. The Bertz CT molecular complexity index is 143. The molecule has 1 aliphatic rings. The highest BCUT2D eigenvalue weighted by molar-refractivity contribution is 4.78. The zero-order chi connectivity index (χ0) is 9.35. The van der Waals surface area contributed by atoms with Crippen LogP contribution in [-0.2, 0) is 4.74 Å². The molecule has 1 fully saturated rings. The molecule has 72 valence electrons. The van der Waals surface area contributed by atoms with Gasteiger partial charge in [-0.1, -0.05) is 0 Å². The van der Waals surface area contributed by atoms with Gasteiger partial charge in [0.2, 0.25) is 0 Å². The molecule has 0 saturated carbocycles. The maximum atomic E-state index is 9.43. The number of aliphatic hydroxyl groups is 1. The second-order valence-electron chi connectivity index (χ2n) is 4.74. The molecule has 0 aromatic heterocycles. The number of nitrogens with zero attached hydrogens (tertiary/aromatic N) is 1. The molecule has 1 rings (SSSR count). The lowest BCUT2D eigenvalue weighted by atomic mass is 10.1. The van der Waals surface area contributed by atoms with Crippen molar-refractivity contribution >= 4 is 0 Å². The van der Waals surface area contributed by atoms with Gasteiger partial charge < -0.3 is 14.3 Å². The van der Waals surface area contributed by atoms with E-state index in [2.05, 4.69) is 21.1 Å². The maximum Gasteiger partial charge on any atom is 0.109 e. The summed E-state index contributed by atoms with van der Waals surface area (Å²) in [5, 5.41) is 9.43. The lowest BCUT2D eigenvalue weighted by Gasteiger charge is -2.26. The molecule has 1 N–H and O–H groups in total. The maximum absolute atomic E-state index is 9.43. The molecule has 1 saturated heterocycles. The molecule has 0 aromatic rings. The molecule has 0 spiro atoms. The van der Waals surface area contributed by atoms with Crippen molar-refractivity contribution in [2.45, 2.75) is 31.7 Å². The van der Waals surface area contributed by atoms with Gasteiger partial charge >= 0.3 is 0 Å². The van der Waals surface area contributed by atoms with Crippen molar-refractivity contribution in [3.05, 3.63) is 0 Å². The van der Waals surface area contributed by atoms with Crippen LogP contribution in [0.3, 0.4) is 0 Å². The predicted molar refractivity (Wildman–Crippen MR) is 47.9 cm³/mol. The van der Waals surface area contributed by atoms with Gasteiger partial charge in [0, 0.05) is 6.42 Å². The minimum absolute atomic E-state index is 0.0153. The summed E-state index contributed by atoms with van der Waals surface area (Å²) >= 11 is 0. The summed E-state index contributed by atoms with van der Waals surface area (Å²) in [7, 11) is 6.41. The highest BCUT2D eigenvalue weighted by atomic mass is 16.5. The largest absolute Gasteiger partial charge is 0.390 e. The molecule has 3 nitrogen and oxygen atoms in total. The molecule has 3 heteroatoms. The fraction of sp³-hybridized carbons (Fsp3) is 1.00. The van der Waals surface area contributed by atoms with E-state index >= 15 is 0 Å². The molecule has 0 amide bonds. The molecule has 0 aromatic carbocycles. The Kier molecular flexibility index (Phi) is 2.76. The third-order valence-electron chi connectivity index (χ3n) is 2.20. The number of likely N-dealkylation sites (N-methyl/N-ethyl adjacent to an activating group) is 1. The second-order valence-corrected chi connectivity index (χ2v) is 4.74. The minimum atomic E-state index is -0.262. The SMILES string of the molecule is CC1OC(C[N+](C)(C)C)C[C@H]1O.